The Morgan fingerprint density at radius 2 is 1.81 bits per heavy atom. The molecule has 0 fully saturated rings. The van der Waals surface area contributed by atoms with Gasteiger partial charge in [0.1, 0.15) is 0 Å². The number of benzene rings is 1. The zero-order valence-electron chi connectivity index (χ0n) is 15.1. The summed E-state index contributed by atoms with van der Waals surface area (Å²) in [6, 6.07) is 8.52. The van der Waals surface area contributed by atoms with Crippen molar-refractivity contribution >= 4 is 29.1 Å². The van der Waals surface area contributed by atoms with Crippen molar-refractivity contribution in [3.63, 3.8) is 0 Å². The standard InChI is InChI=1S/C19H22ClN3O3/c1-4-23(5-2)19(25)14-6-8-15(9-7-14)22-16(24)12-26-17-13(3)10-11-21-18(17)20/h6-11H,4-5,12H2,1-3H3,(H,22,24). The van der Waals surface area contributed by atoms with E-state index in [2.05, 4.69) is 10.3 Å². The Labute approximate surface area is 158 Å². The van der Waals surface area contributed by atoms with Crippen molar-refractivity contribution in [1.82, 2.24) is 9.88 Å². The number of amides is 2. The first kappa shape index (κ1) is 19.7. The van der Waals surface area contributed by atoms with Gasteiger partial charge in [-0.15, -0.1) is 0 Å². The van der Waals surface area contributed by atoms with Crippen LogP contribution in [0.2, 0.25) is 5.15 Å². The third-order valence-electron chi connectivity index (χ3n) is 3.87. The number of nitrogens with zero attached hydrogens (tertiary/aromatic N) is 2. The SMILES string of the molecule is CCN(CC)C(=O)c1ccc(NC(=O)COc2c(C)ccnc2Cl)cc1. The molecule has 0 aliphatic rings. The maximum atomic E-state index is 12.3. The van der Waals surface area contributed by atoms with Crippen LogP contribution in [0.25, 0.3) is 0 Å². The van der Waals surface area contributed by atoms with Crippen LogP contribution in [0.1, 0.15) is 29.8 Å². The maximum absolute atomic E-state index is 12.3. The fourth-order valence-electron chi connectivity index (χ4n) is 2.41. The largest absolute Gasteiger partial charge is 0.480 e. The van der Waals surface area contributed by atoms with Gasteiger partial charge in [0, 0.05) is 30.5 Å². The van der Waals surface area contributed by atoms with Crippen LogP contribution in [0.5, 0.6) is 5.75 Å². The van der Waals surface area contributed by atoms with Crippen molar-refractivity contribution in [2.45, 2.75) is 20.8 Å². The number of halogens is 1. The molecule has 1 aromatic carbocycles. The molecular formula is C19H22ClN3O3. The zero-order chi connectivity index (χ0) is 19.1. The van der Waals surface area contributed by atoms with E-state index in [1.54, 1.807) is 41.4 Å². The molecule has 0 saturated carbocycles. The minimum Gasteiger partial charge on any atom is -0.480 e. The monoisotopic (exact) mass is 375 g/mol. The Hall–Kier alpha value is -2.60. The summed E-state index contributed by atoms with van der Waals surface area (Å²) in [4.78, 5) is 30.0. The molecule has 0 atom stereocenters. The number of ether oxygens (including phenoxy) is 1. The first-order chi connectivity index (χ1) is 12.5. The highest BCUT2D eigenvalue weighted by molar-refractivity contribution is 6.30. The summed E-state index contributed by atoms with van der Waals surface area (Å²) in [5, 5.41) is 2.94. The molecule has 2 aromatic rings. The van der Waals surface area contributed by atoms with Crippen LogP contribution in [0.3, 0.4) is 0 Å². The van der Waals surface area contributed by atoms with E-state index in [9.17, 15) is 9.59 Å². The van der Waals surface area contributed by atoms with Gasteiger partial charge in [-0.2, -0.15) is 0 Å². The molecule has 6 nitrogen and oxygen atoms in total. The molecular weight excluding hydrogens is 354 g/mol. The molecule has 138 valence electrons. The number of carbonyl (C=O) groups excluding carboxylic acids is 2. The van der Waals surface area contributed by atoms with Crippen LogP contribution in [-0.2, 0) is 4.79 Å². The number of carbonyl (C=O) groups is 2. The molecule has 1 N–H and O–H groups in total. The number of aromatic nitrogens is 1. The Kier molecular flexibility index (Phi) is 6.97. The lowest BCUT2D eigenvalue weighted by atomic mass is 10.2. The highest BCUT2D eigenvalue weighted by Crippen LogP contribution is 2.25. The number of anilines is 1. The summed E-state index contributed by atoms with van der Waals surface area (Å²) in [5.41, 5.74) is 1.97. The smallest absolute Gasteiger partial charge is 0.262 e. The van der Waals surface area contributed by atoms with E-state index in [4.69, 9.17) is 16.3 Å². The molecule has 0 bridgehead atoms. The summed E-state index contributed by atoms with van der Waals surface area (Å²) >= 11 is 5.97. The van der Waals surface area contributed by atoms with Gasteiger partial charge in [-0.25, -0.2) is 4.98 Å². The highest BCUT2D eigenvalue weighted by Gasteiger charge is 2.13. The minimum absolute atomic E-state index is 0.0297. The van der Waals surface area contributed by atoms with E-state index in [-0.39, 0.29) is 23.6 Å². The third-order valence-corrected chi connectivity index (χ3v) is 4.14. The number of aryl methyl sites for hydroxylation is 1. The van der Waals surface area contributed by atoms with Crippen LogP contribution < -0.4 is 10.1 Å². The van der Waals surface area contributed by atoms with Crippen molar-refractivity contribution in [2.24, 2.45) is 0 Å². The van der Waals surface area contributed by atoms with Gasteiger partial charge in [-0.05, 0) is 56.7 Å². The predicted molar refractivity (Wildman–Crippen MR) is 102 cm³/mol. The fourth-order valence-corrected chi connectivity index (χ4v) is 2.67. The maximum Gasteiger partial charge on any atom is 0.262 e. The molecule has 2 rings (SSSR count). The van der Waals surface area contributed by atoms with E-state index in [1.165, 1.54) is 0 Å². The molecule has 0 spiro atoms. The quantitative estimate of drug-likeness (QED) is 0.751. The van der Waals surface area contributed by atoms with Crippen molar-refractivity contribution < 1.29 is 14.3 Å². The Bertz CT molecular complexity index is 754. The topological polar surface area (TPSA) is 71.5 Å². The van der Waals surface area contributed by atoms with E-state index in [0.717, 1.165) is 5.56 Å². The predicted octanol–water partition coefficient (Wildman–Crippen LogP) is 3.54. The van der Waals surface area contributed by atoms with Crippen molar-refractivity contribution in [3.8, 4) is 5.75 Å². The van der Waals surface area contributed by atoms with Gasteiger partial charge >= 0.3 is 0 Å². The van der Waals surface area contributed by atoms with Crippen molar-refractivity contribution in [3.05, 3.63) is 52.8 Å². The molecule has 0 radical (unpaired) electrons. The lowest BCUT2D eigenvalue weighted by Gasteiger charge is -2.18. The van der Waals surface area contributed by atoms with E-state index < -0.39 is 0 Å². The zero-order valence-corrected chi connectivity index (χ0v) is 15.8. The van der Waals surface area contributed by atoms with Crippen LogP contribution in [0, 0.1) is 6.92 Å². The second kappa shape index (κ2) is 9.20. The van der Waals surface area contributed by atoms with Crippen LogP contribution in [0.4, 0.5) is 5.69 Å². The summed E-state index contributed by atoms with van der Waals surface area (Å²) in [6.45, 7) is 6.82. The Morgan fingerprint density at radius 3 is 2.38 bits per heavy atom. The second-order valence-electron chi connectivity index (χ2n) is 5.64. The van der Waals surface area contributed by atoms with Crippen LogP contribution >= 0.6 is 11.6 Å². The molecule has 0 saturated heterocycles. The average Bonchev–Trinajstić information content (AvgIpc) is 2.63. The molecule has 0 unspecified atom stereocenters. The molecule has 7 heteroatoms. The van der Waals surface area contributed by atoms with Crippen molar-refractivity contribution in [2.75, 3.05) is 25.0 Å². The second-order valence-corrected chi connectivity index (χ2v) is 6.00. The number of rotatable bonds is 7. The molecule has 1 heterocycles. The van der Waals surface area contributed by atoms with Gasteiger partial charge in [0.05, 0.1) is 0 Å². The van der Waals surface area contributed by atoms with E-state index in [0.29, 0.717) is 30.1 Å². The van der Waals surface area contributed by atoms with Gasteiger partial charge in [-0.3, -0.25) is 9.59 Å². The summed E-state index contributed by atoms with van der Waals surface area (Å²) in [6.07, 6.45) is 1.58. The Morgan fingerprint density at radius 1 is 1.15 bits per heavy atom. The highest BCUT2D eigenvalue weighted by atomic mass is 35.5. The fraction of sp³-hybridized carbons (Fsp3) is 0.316. The molecule has 0 aliphatic carbocycles. The minimum atomic E-state index is -0.327. The van der Waals surface area contributed by atoms with Gasteiger partial charge in [-0.1, -0.05) is 11.6 Å². The summed E-state index contributed by atoms with van der Waals surface area (Å²) in [5.74, 6) is 0.0366. The average molecular weight is 376 g/mol. The molecule has 2 amide bonds. The molecule has 0 aliphatic heterocycles. The third kappa shape index (κ3) is 4.95. The van der Waals surface area contributed by atoms with Gasteiger partial charge in [0.15, 0.2) is 17.5 Å². The van der Waals surface area contributed by atoms with Crippen LogP contribution in [0.15, 0.2) is 36.5 Å². The van der Waals surface area contributed by atoms with Crippen LogP contribution in [-0.4, -0.2) is 41.4 Å². The normalized spacial score (nSPS) is 10.3. The van der Waals surface area contributed by atoms with E-state index in [1.807, 2.05) is 20.8 Å². The first-order valence-corrected chi connectivity index (χ1v) is 8.77. The molecule has 1 aromatic heterocycles. The lowest BCUT2D eigenvalue weighted by molar-refractivity contribution is -0.118. The number of hydrogen-bond donors (Lipinski definition) is 1. The van der Waals surface area contributed by atoms with Gasteiger partial charge < -0.3 is 15.0 Å². The first-order valence-electron chi connectivity index (χ1n) is 8.39. The lowest BCUT2D eigenvalue weighted by Crippen LogP contribution is -2.30. The summed E-state index contributed by atoms with van der Waals surface area (Å²) in [7, 11) is 0. The van der Waals surface area contributed by atoms with Crippen molar-refractivity contribution in [1.29, 1.82) is 0 Å². The Balaban J connectivity index is 1.94. The number of nitrogens with one attached hydrogen (secondary N) is 1. The molecule has 26 heavy (non-hydrogen) atoms. The van der Waals surface area contributed by atoms with Gasteiger partial charge in [0.2, 0.25) is 0 Å². The van der Waals surface area contributed by atoms with E-state index >= 15 is 0 Å². The summed E-state index contributed by atoms with van der Waals surface area (Å²) < 4.78 is 5.46. The van der Waals surface area contributed by atoms with Gasteiger partial charge in [0.25, 0.3) is 11.8 Å². The number of pyridine rings is 1. The number of hydrogen-bond acceptors (Lipinski definition) is 4.